The number of amides is 2. The first-order valence-electron chi connectivity index (χ1n) is 10.1. The minimum atomic E-state index is -0.567. The van der Waals surface area contributed by atoms with Crippen LogP contribution in [-0.2, 0) is 17.8 Å². The Labute approximate surface area is 172 Å². The van der Waals surface area contributed by atoms with Crippen LogP contribution in [-0.4, -0.2) is 48.6 Å². The number of urea groups is 1. The fraction of sp³-hybridized carbons (Fsp3) is 0.391. The molecule has 29 heavy (non-hydrogen) atoms. The van der Waals surface area contributed by atoms with Gasteiger partial charge in [-0.05, 0) is 42.5 Å². The summed E-state index contributed by atoms with van der Waals surface area (Å²) in [5.74, 6) is 0.761. The van der Waals surface area contributed by atoms with Crippen molar-refractivity contribution in [3.8, 4) is 5.75 Å². The van der Waals surface area contributed by atoms with Crippen LogP contribution < -0.4 is 10.1 Å². The lowest BCUT2D eigenvalue weighted by Gasteiger charge is -2.38. The molecule has 0 aromatic heterocycles. The Bertz CT molecular complexity index is 791. The maximum absolute atomic E-state index is 13.1. The van der Waals surface area contributed by atoms with E-state index < -0.39 is 6.04 Å². The topological polar surface area (TPSA) is 61.9 Å². The number of benzene rings is 2. The maximum Gasteiger partial charge on any atom is 0.332 e. The Balaban J connectivity index is 1.73. The predicted octanol–water partition coefficient (Wildman–Crippen LogP) is 3.42. The van der Waals surface area contributed by atoms with Crippen LogP contribution in [0.4, 0.5) is 4.79 Å². The molecule has 0 bridgehead atoms. The van der Waals surface area contributed by atoms with Crippen molar-refractivity contribution >= 4 is 12.3 Å². The SMILES string of the molecule is COc1cccc(CN(C(=O)N[C@H](C=O)Cc2ccccc2)N2CCCCC2)c1. The first-order valence-corrected chi connectivity index (χ1v) is 10.1. The van der Waals surface area contributed by atoms with Gasteiger partial charge in [-0.3, -0.25) is 5.01 Å². The standard InChI is InChI=1S/C23H29N3O3/c1-29-22-12-8-11-20(16-22)17-26(25-13-6-3-7-14-25)23(28)24-21(18-27)15-19-9-4-2-5-10-19/h2,4-5,8-12,16,18,21H,3,6-7,13-15,17H2,1H3,(H,24,28)/t21-/m0/s1. The lowest BCUT2D eigenvalue weighted by atomic mass is 10.1. The fourth-order valence-electron chi connectivity index (χ4n) is 3.60. The number of rotatable bonds is 8. The number of piperidine rings is 1. The van der Waals surface area contributed by atoms with Gasteiger partial charge < -0.3 is 14.8 Å². The van der Waals surface area contributed by atoms with Crippen molar-refractivity contribution < 1.29 is 14.3 Å². The van der Waals surface area contributed by atoms with Crippen molar-refractivity contribution in [1.29, 1.82) is 0 Å². The van der Waals surface area contributed by atoms with Gasteiger partial charge in [0.2, 0.25) is 0 Å². The molecule has 0 spiro atoms. The lowest BCUT2D eigenvalue weighted by molar-refractivity contribution is -0.109. The molecular weight excluding hydrogens is 366 g/mol. The second-order valence-electron chi connectivity index (χ2n) is 7.31. The van der Waals surface area contributed by atoms with Gasteiger partial charge in [-0.15, -0.1) is 0 Å². The molecule has 1 heterocycles. The molecule has 1 N–H and O–H groups in total. The molecule has 1 saturated heterocycles. The summed E-state index contributed by atoms with van der Waals surface area (Å²) in [6.45, 7) is 2.10. The van der Waals surface area contributed by atoms with Gasteiger partial charge in [0, 0.05) is 13.1 Å². The smallest absolute Gasteiger partial charge is 0.332 e. The largest absolute Gasteiger partial charge is 0.497 e. The summed E-state index contributed by atoms with van der Waals surface area (Å²) in [5, 5.41) is 6.73. The predicted molar refractivity (Wildman–Crippen MR) is 112 cm³/mol. The van der Waals surface area contributed by atoms with Crippen LogP contribution in [0.2, 0.25) is 0 Å². The number of methoxy groups -OCH3 is 1. The van der Waals surface area contributed by atoms with Crippen LogP contribution in [0.25, 0.3) is 0 Å². The van der Waals surface area contributed by atoms with E-state index in [-0.39, 0.29) is 6.03 Å². The molecule has 1 fully saturated rings. The Hall–Kier alpha value is -2.86. The Morgan fingerprint density at radius 3 is 2.52 bits per heavy atom. The van der Waals surface area contributed by atoms with Crippen molar-refractivity contribution in [2.75, 3.05) is 20.2 Å². The third kappa shape index (κ3) is 6.06. The summed E-state index contributed by atoms with van der Waals surface area (Å²) in [4.78, 5) is 24.8. The zero-order chi connectivity index (χ0) is 20.5. The Kier molecular flexibility index (Phi) is 7.64. The maximum atomic E-state index is 13.1. The number of nitrogens with zero attached hydrogens (tertiary/aromatic N) is 2. The van der Waals surface area contributed by atoms with Gasteiger partial charge >= 0.3 is 6.03 Å². The molecule has 3 rings (SSSR count). The third-order valence-electron chi connectivity index (χ3n) is 5.15. The molecule has 154 valence electrons. The van der Waals surface area contributed by atoms with E-state index in [2.05, 4.69) is 10.3 Å². The molecule has 0 unspecified atom stereocenters. The summed E-state index contributed by atoms with van der Waals surface area (Å²) in [6, 6.07) is 16.6. The molecule has 1 aliphatic heterocycles. The number of ether oxygens (including phenoxy) is 1. The highest BCUT2D eigenvalue weighted by atomic mass is 16.5. The van der Waals surface area contributed by atoms with Gasteiger partial charge in [0.1, 0.15) is 12.0 Å². The van der Waals surface area contributed by atoms with Crippen molar-refractivity contribution in [2.45, 2.75) is 38.3 Å². The number of hydrogen-bond acceptors (Lipinski definition) is 4. The first kappa shape index (κ1) is 20.9. The number of aldehydes is 1. The minimum Gasteiger partial charge on any atom is -0.497 e. The fourth-order valence-corrected chi connectivity index (χ4v) is 3.60. The number of nitrogens with one attached hydrogen (secondary N) is 1. The molecule has 1 aliphatic rings. The van der Waals surface area contributed by atoms with Gasteiger partial charge in [0.15, 0.2) is 0 Å². The highest BCUT2D eigenvalue weighted by Gasteiger charge is 2.25. The van der Waals surface area contributed by atoms with Crippen molar-refractivity contribution in [2.24, 2.45) is 0 Å². The molecule has 0 saturated carbocycles. The van der Waals surface area contributed by atoms with E-state index in [0.29, 0.717) is 13.0 Å². The average Bonchev–Trinajstić information content (AvgIpc) is 2.78. The van der Waals surface area contributed by atoms with Crippen LogP contribution in [0.5, 0.6) is 5.75 Å². The molecule has 6 nitrogen and oxygen atoms in total. The van der Waals surface area contributed by atoms with Gasteiger partial charge in [-0.1, -0.05) is 48.9 Å². The molecule has 2 aromatic carbocycles. The zero-order valence-electron chi connectivity index (χ0n) is 16.9. The molecule has 6 heteroatoms. The van der Waals surface area contributed by atoms with Crippen molar-refractivity contribution in [1.82, 2.24) is 15.3 Å². The summed E-state index contributed by atoms with van der Waals surface area (Å²) < 4.78 is 5.31. The van der Waals surface area contributed by atoms with Gasteiger partial charge in [-0.25, -0.2) is 9.80 Å². The minimum absolute atomic E-state index is 0.247. The van der Waals surface area contributed by atoms with Crippen LogP contribution in [0.1, 0.15) is 30.4 Å². The molecule has 0 aliphatic carbocycles. The zero-order valence-corrected chi connectivity index (χ0v) is 16.9. The number of carbonyl (C=O) groups excluding carboxylic acids is 2. The first-order chi connectivity index (χ1) is 14.2. The van der Waals surface area contributed by atoms with Gasteiger partial charge in [0.05, 0.1) is 19.7 Å². The van der Waals surface area contributed by atoms with E-state index in [1.54, 1.807) is 12.1 Å². The molecule has 2 amide bonds. The van der Waals surface area contributed by atoms with E-state index >= 15 is 0 Å². The van der Waals surface area contributed by atoms with Crippen LogP contribution in [0.3, 0.4) is 0 Å². The van der Waals surface area contributed by atoms with Crippen molar-refractivity contribution in [3.05, 3.63) is 65.7 Å². The highest BCUT2D eigenvalue weighted by molar-refractivity contribution is 5.78. The lowest BCUT2D eigenvalue weighted by Crippen LogP contribution is -2.54. The van der Waals surface area contributed by atoms with Crippen LogP contribution in [0.15, 0.2) is 54.6 Å². The van der Waals surface area contributed by atoms with E-state index in [9.17, 15) is 9.59 Å². The summed E-state index contributed by atoms with van der Waals surface area (Å²) in [6.07, 6.45) is 4.58. The summed E-state index contributed by atoms with van der Waals surface area (Å²) in [7, 11) is 1.63. The Morgan fingerprint density at radius 1 is 1.10 bits per heavy atom. The Morgan fingerprint density at radius 2 is 1.83 bits per heavy atom. The highest BCUT2D eigenvalue weighted by Crippen LogP contribution is 2.18. The van der Waals surface area contributed by atoms with Gasteiger partial charge in [-0.2, -0.15) is 0 Å². The number of carbonyl (C=O) groups is 2. The quantitative estimate of drug-likeness (QED) is 0.696. The summed E-state index contributed by atoms with van der Waals surface area (Å²) >= 11 is 0. The second-order valence-corrected chi connectivity index (χ2v) is 7.31. The van der Waals surface area contributed by atoms with E-state index in [1.807, 2.05) is 54.6 Å². The summed E-state index contributed by atoms with van der Waals surface area (Å²) in [5.41, 5.74) is 2.00. The number of hydrogen-bond donors (Lipinski definition) is 1. The van der Waals surface area contributed by atoms with E-state index in [0.717, 1.165) is 49.1 Å². The van der Waals surface area contributed by atoms with E-state index in [1.165, 1.54) is 6.42 Å². The number of hydrazine groups is 1. The van der Waals surface area contributed by atoms with Crippen LogP contribution in [0, 0.1) is 0 Å². The monoisotopic (exact) mass is 395 g/mol. The molecular formula is C23H29N3O3. The van der Waals surface area contributed by atoms with Crippen LogP contribution >= 0.6 is 0 Å². The van der Waals surface area contributed by atoms with Gasteiger partial charge in [0.25, 0.3) is 0 Å². The normalized spacial score (nSPS) is 15.3. The second kappa shape index (κ2) is 10.6. The van der Waals surface area contributed by atoms with E-state index in [4.69, 9.17) is 4.74 Å². The third-order valence-corrected chi connectivity index (χ3v) is 5.15. The average molecular weight is 396 g/mol. The molecule has 0 radical (unpaired) electrons. The van der Waals surface area contributed by atoms with Crippen molar-refractivity contribution in [3.63, 3.8) is 0 Å². The molecule has 2 aromatic rings. The molecule has 1 atom stereocenters.